The molecule has 21 heavy (non-hydrogen) atoms. The van der Waals surface area contributed by atoms with Gasteiger partial charge in [0.2, 0.25) is 0 Å². The maximum absolute atomic E-state index is 13.4. The molecule has 108 valence electrons. The van der Waals surface area contributed by atoms with E-state index < -0.39 is 5.82 Å². The second-order valence-corrected chi connectivity index (χ2v) is 4.99. The SMILES string of the molecule is N#Cc1cnc(N)c(OCCc2cc(Cl)cc(F)c2Cl)c1. The van der Waals surface area contributed by atoms with Gasteiger partial charge in [0.1, 0.15) is 11.9 Å². The molecular weight excluding hydrogens is 316 g/mol. The first-order valence-corrected chi connectivity index (χ1v) is 6.68. The third kappa shape index (κ3) is 3.75. The van der Waals surface area contributed by atoms with Gasteiger partial charge in [0.25, 0.3) is 0 Å². The molecule has 0 unspecified atom stereocenters. The van der Waals surface area contributed by atoms with Gasteiger partial charge in [-0.15, -0.1) is 0 Å². The first kappa shape index (κ1) is 15.4. The fourth-order valence-electron chi connectivity index (χ4n) is 1.69. The standard InChI is InChI=1S/C14H10Cl2FN3O/c15-10-4-9(13(16)11(17)5-10)1-2-21-12-3-8(6-18)7-20-14(12)19/h3-5,7H,1-2H2,(H2,19,20). The highest BCUT2D eigenvalue weighted by Gasteiger charge is 2.09. The Morgan fingerprint density at radius 1 is 1.33 bits per heavy atom. The lowest BCUT2D eigenvalue weighted by atomic mass is 10.1. The van der Waals surface area contributed by atoms with Crippen LogP contribution in [0.1, 0.15) is 11.1 Å². The van der Waals surface area contributed by atoms with Gasteiger partial charge in [-0.2, -0.15) is 5.26 Å². The number of nitrogen functional groups attached to an aromatic ring is 1. The monoisotopic (exact) mass is 325 g/mol. The summed E-state index contributed by atoms with van der Waals surface area (Å²) in [6.07, 6.45) is 1.69. The molecule has 1 aromatic heterocycles. The Hall–Kier alpha value is -2.03. The molecule has 0 aliphatic heterocycles. The molecule has 0 radical (unpaired) electrons. The van der Waals surface area contributed by atoms with Crippen LogP contribution in [0.25, 0.3) is 0 Å². The van der Waals surface area contributed by atoms with Crippen LogP contribution in [-0.2, 0) is 6.42 Å². The molecule has 0 fully saturated rings. The van der Waals surface area contributed by atoms with E-state index in [1.165, 1.54) is 12.3 Å². The summed E-state index contributed by atoms with van der Waals surface area (Å²) in [7, 11) is 0. The Morgan fingerprint density at radius 3 is 2.81 bits per heavy atom. The number of nitriles is 1. The average molecular weight is 326 g/mol. The molecule has 0 bridgehead atoms. The van der Waals surface area contributed by atoms with E-state index >= 15 is 0 Å². The quantitative estimate of drug-likeness (QED) is 0.871. The predicted molar refractivity (Wildman–Crippen MR) is 79.0 cm³/mol. The van der Waals surface area contributed by atoms with Crippen LogP contribution in [0.15, 0.2) is 24.4 Å². The number of halogens is 3. The Morgan fingerprint density at radius 2 is 2.10 bits per heavy atom. The van der Waals surface area contributed by atoms with Crippen molar-refractivity contribution in [2.24, 2.45) is 0 Å². The number of anilines is 1. The second-order valence-electron chi connectivity index (χ2n) is 4.18. The Bertz CT molecular complexity index is 716. The van der Waals surface area contributed by atoms with Crippen molar-refractivity contribution in [2.75, 3.05) is 12.3 Å². The molecule has 0 aliphatic rings. The molecule has 0 amide bonds. The summed E-state index contributed by atoms with van der Waals surface area (Å²) in [6.45, 7) is 0.195. The zero-order chi connectivity index (χ0) is 15.4. The molecule has 0 atom stereocenters. The molecule has 0 saturated carbocycles. The number of hydrogen-bond donors (Lipinski definition) is 1. The summed E-state index contributed by atoms with van der Waals surface area (Å²) >= 11 is 11.6. The van der Waals surface area contributed by atoms with E-state index in [4.69, 9.17) is 38.9 Å². The number of nitrogens with zero attached hydrogens (tertiary/aromatic N) is 2. The maximum Gasteiger partial charge on any atom is 0.166 e. The highest BCUT2D eigenvalue weighted by Crippen LogP contribution is 2.26. The summed E-state index contributed by atoms with van der Waals surface area (Å²) in [5.74, 6) is -0.100. The fourth-order valence-corrected chi connectivity index (χ4v) is 2.13. The summed E-state index contributed by atoms with van der Waals surface area (Å²) < 4.78 is 18.9. The largest absolute Gasteiger partial charge is 0.489 e. The molecule has 4 nitrogen and oxygen atoms in total. The van der Waals surface area contributed by atoms with E-state index in [0.29, 0.717) is 23.3 Å². The van der Waals surface area contributed by atoms with Crippen LogP contribution in [0.5, 0.6) is 5.75 Å². The molecular formula is C14H10Cl2FN3O. The minimum Gasteiger partial charge on any atom is -0.489 e. The van der Waals surface area contributed by atoms with Crippen LogP contribution in [0.3, 0.4) is 0 Å². The molecule has 2 rings (SSSR count). The smallest absolute Gasteiger partial charge is 0.166 e. The minimum absolute atomic E-state index is 0.0138. The number of aromatic nitrogens is 1. The molecule has 1 heterocycles. The minimum atomic E-state index is -0.577. The zero-order valence-corrected chi connectivity index (χ0v) is 12.2. The van der Waals surface area contributed by atoms with Crippen molar-refractivity contribution in [1.82, 2.24) is 4.98 Å². The Labute approximate surface area is 130 Å². The number of pyridine rings is 1. The average Bonchev–Trinajstić information content (AvgIpc) is 2.46. The number of nitrogens with two attached hydrogens (primary N) is 1. The third-order valence-electron chi connectivity index (χ3n) is 2.71. The van der Waals surface area contributed by atoms with Crippen molar-refractivity contribution in [3.8, 4) is 11.8 Å². The number of hydrogen-bond acceptors (Lipinski definition) is 4. The van der Waals surface area contributed by atoms with Crippen LogP contribution >= 0.6 is 23.2 Å². The highest BCUT2D eigenvalue weighted by atomic mass is 35.5. The van der Waals surface area contributed by atoms with E-state index in [0.717, 1.165) is 6.07 Å². The topological polar surface area (TPSA) is 71.9 Å². The normalized spacial score (nSPS) is 10.2. The van der Waals surface area contributed by atoms with Crippen molar-refractivity contribution < 1.29 is 9.13 Å². The van der Waals surface area contributed by atoms with Crippen molar-refractivity contribution in [3.05, 3.63) is 51.4 Å². The molecule has 0 saturated heterocycles. The fraction of sp³-hybridized carbons (Fsp3) is 0.143. The molecule has 7 heteroatoms. The summed E-state index contributed by atoms with van der Waals surface area (Å²) in [4.78, 5) is 3.84. The van der Waals surface area contributed by atoms with Gasteiger partial charge >= 0.3 is 0 Å². The van der Waals surface area contributed by atoms with Crippen LogP contribution < -0.4 is 10.5 Å². The van der Waals surface area contributed by atoms with Gasteiger partial charge in [-0.3, -0.25) is 0 Å². The van der Waals surface area contributed by atoms with Gasteiger partial charge in [-0.05, 0) is 17.7 Å². The second kappa shape index (κ2) is 6.61. The maximum atomic E-state index is 13.4. The van der Waals surface area contributed by atoms with Gasteiger partial charge in [0.15, 0.2) is 11.6 Å². The lowest BCUT2D eigenvalue weighted by Gasteiger charge is -2.10. The van der Waals surface area contributed by atoms with Crippen LogP contribution in [0.4, 0.5) is 10.2 Å². The van der Waals surface area contributed by atoms with Crippen LogP contribution in [0.2, 0.25) is 10.0 Å². The first-order valence-electron chi connectivity index (χ1n) is 5.93. The van der Waals surface area contributed by atoms with Gasteiger partial charge in [-0.1, -0.05) is 23.2 Å². The molecule has 2 N–H and O–H groups in total. The molecule has 1 aromatic carbocycles. The number of ether oxygens (including phenoxy) is 1. The van der Waals surface area contributed by atoms with Crippen molar-refractivity contribution in [3.63, 3.8) is 0 Å². The lowest BCUT2D eigenvalue weighted by molar-refractivity contribution is 0.322. The van der Waals surface area contributed by atoms with E-state index in [1.807, 2.05) is 6.07 Å². The van der Waals surface area contributed by atoms with E-state index in [1.54, 1.807) is 6.07 Å². The summed E-state index contributed by atoms with van der Waals surface area (Å²) in [5, 5.41) is 9.07. The lowest BCUT2D eigenvalue weighted by Crippen LogP contribution is -2.05. The number of rotatable bonds is 4. The van der Waals surface area contributed by atoms with Gasteiger partial charge in [0.05, 0.1) is 17.2 Å². The van der Waals surface area contributed by atoms with Crippen molar-refractivity contribution in [1.29, 1.82) is 5.26 Å². The first-order chi connectivity index (χ1) is 10.0. The van der Waals surface area contributed by atoms with Gasteiger partial charge in [0, 0.05) is 23.7 Å². The zero-order valence-electron chi connectivity index (χ0n) is 10.7. The number of benzene rings is 1. The van der Waals surface area contributed by atoms with Crippen molar-refractivity contribution >= 4 is 29.0 Å². The summed E-state index contributed by atoms with van der Waals surface area (Å²) in [6, 6.07) is 6.15. The Kier molecular flexibility index (Phi) is 4.84. The van der Waals surface area contributed by atoms with Crippen LogP contribution in [-0.4, -0.2) is 11.6 Å². The van der Waals surface area contributed by atoms with Crippen LogP contribution in [0, 0.1) is 17.1 Å². The molecule has 2 aromatic rings. The predicted octanol–water partition coefficient (Wildman–Crippen LogP) is 3.60. The summed E-state index contributed by atoms with van der Waals surface area (Å²) in [5.41, 5.74) is 6.52. The van der Waals surface area contributed by atoms with Crippen molar-refractivity contribution in [2.45, 2.75) is 6.42 Å². The van der Waals surface area contributed by atoms with Gasteiger partial charge in [-0.25, -0.2) is 9.37 Å². The Balaban J connectivity index is 2.07. The third-order valence-corrected chi connectivity index (χ3v) is 3.35. The van der Waals surface area contributed by atoms with Gasteiger partial charge < -0.3 is 10.5 Å². The van der Waals surface area contributed by atoms with E-state index in [9.17, 15) is 4.39 Å². The highest BCUT2D eigenvalue weighted by molar-refractivity contribution is 6.33. The molecule has 0 aliphatic carbocycles. The van der Waals surface area contributed by atoms with E-state index in [-0.39, 0.29) is 22.5 Å². The van der Waals surface area contributed by atoms with E-state index in [2.05, 4.69) is 4.98 Å². The molecule has 0 spiro atoms.